The van der Waals surface area contributed by atoms with Crippen molar-refractivity contribution in [1.29, 1.82) is 0 Å². The van der Waals surface area contributed by atoms with E-state index in [9.17, 15) is 10.1 Å². The van der Waals surface area contributed by atoms with Gasteiger partial charge in [0.05, 0.1) is 10.6 Å². The molecule has 0 bridgehead atoms. The van der Waals surface area contributed by atoms with Crippen LogP contribution in [0.2, 0.25) is 0 Å². The minimum Gasteiger partial charge on any atom is -0.338 e. The van der Waals surface area contributed by atoms with Gasteiger partial charge < -0.3 is 9.88 Å². The summed E-state index contributed by atoms with van der Waals surface area (Å²) < 4.78 is 1.97. The van der Waals surface area contributed by atoms with Crippen LogP contribution >= 0.6 is 0 Å². The first-order valence-corrected chi connectivity index (χ1v) is 6.77. The van der Waals surface area contributed by atoms with Crippen LogP contribution in [-0.4, -0.2) is 26.0 Å². The minimum absolute atomic E-state index is 0.158. The van der Waals surface area contributed by atoms with E-state index in [2.05, 4.69) is 15.3 Å². The Morgan fingerprint density at radius 1 is 1.38 bits per heavy atom. The Kier molecular flexibility index (Phi) is 4.64. The normalized spacial score (nSPS) is 10.8. The number of hydrogen-bond acceptors (Lipinski definition) is 5. The summed E-state index contributed by atoms with van der Waals surface area (Å²) in [6.45, 7) is 4.70. The van der Waals surface area contributed by atoms with Crippen LogP contribution in [0.1, 0.15) is 22.6 Å². The first-order valence-electron chi connectivity index (χ1n) is 6.77. The van der Waals surface area contributed by atoms with Crippen LogP contribution < -0.4 is 5.32 Å². The van der Waals surface area contributed by atoms with E-state index in [4.69, 9.17) is 0 Å². The van der Waals surface area contributed by atoms with E-state index in [1.807, 2.05) is 17.8 Å². The van der Waals surface area contributed by atoms with Crippen molar-refractivity contribution >= 4 is 5.69 Å². The standard InChI is InChI=1S/C14H19N5O2/c1-10-8-17-12(11(2)14(10)19(20)21)9-15-5-4-13-16-6-7-18(13)3/h6-8,15H,4-5,9H2,1-3H3. The Hall–Kier alpha value is -2.28. The van der Waals surface area contributed by atoms with Gasteiger partial charge in [-0.3, -0.25) is 15.1 Å². The molecule has 0 radical (unpaired) electrons. The van der Waals surface area contributed by atoms with Crippen molar-refractivity contribution < 1.29 is 4.92 Å². The first kappa shape index (κ1) is 15.1. The van der Waals surface area contributed by atoms with Crippen molar-refractivity contribution in [2.75, 3.05) is 6.54 Å². The minimum atomic E-state index is -0.344. The number of nitro groups is 1. The molecular formula is C14H19N5O2. The fourth-order valence-electron chi connectivity index (χ4n) is 2.27. The van der Waals surface area contributed by atoms with Crippen molar-refractivity contribution in [2.24, 2.45) is 7.05 Å². The zero-order valence-corrected chi connectivity index (χ0v) is 12.5. The third-order valence-corrected chi connectivity index (χ3v) is 3.50. The fraction of sp³-hybridized carbons (Fsp3) is 0.429. The molecule has 2 aromatic heterocycles. The summed E-state index contributed by atoms with van der Waals surface area (Å²) in [5, 5.41) is 14.3. The monoisotopic (exact) mass is 289 g/mol. The number of hydrogen-bond donors (Lipinski definition) is 1. The molecule has 0 saturated carbocycles. The smallest absolute Gasteiger partial charge is 0.278 e. The predicted molar refractivity (Wildman–Crippen MR) is 79.0 cm³/mol. The van der Waals surface area contributed by atoms with Crippen molar-refractivity contribution in [1.82, 2.24) is 19.9 Å². The van der Waals surface area contributed by atoms with Crippen LogP contribution in [0.25, 0.3) is 0 Å². The third kappa shape index (κ3) is 3.43. The van der Waals surface area contributed by atoms with Crippen LogP contribution in [0.4, 0.5) is 5.69 Å². The molecule has 0 atom stereocenters. The van der Waals surface area contributed by atoms with E-state index in [0.717, 1.165) is 18.8 Å². The molecule has 21 heavy (non-hydrogen) atoms. The summed E-state index contributed by atoms with van der Waals surface area (Å²) >= 11 is 0. The summed E-state index contributed by atoms with van der Waals surface area (Å²) in [6.07, 6.45) is 6.03. The van der Waals surface area contributed by atoms with Gasteiger partial charge in [0, 0.05) is 56.3 Å². The summed E-state index contributed by atoms with van der Waals surface area (Å²) in [4.78, 5) is 19.3. The Bertz CT molecular complexity index is 651. The van der Waals surface area contributed by atoms with E-state index in [0.29, 0.717) is 23.4 Å². The molecule has 7 heteroatoms. The van der Waals surface area contributed by atoms with E-state index in [1.165, 1.54) is 0 Å². The van der Waals surface area contributed by atoms with Gasteiger partial charge in [-0.1, -0.05) is 0 Å². The second kappa shape index (κ2) is 6.45. The van der Waals surface area contributed by atoms with Gasteiger partial charge in [-0.05, 0) is 13.8 Å². The largest absolute Gasteiger partial charge is 0.338 e. The topological polar surface area (TPSA) is 85.9 Å². The second-order valence-corrected chi connectivity index (χ2v) is 5.00. The van der Waals surface area contributed by atoms with Crippen molar-refractivity contribution in [3.05, 3.63) is 51.4 Å². The highest BCUT2D eigenvalue weighted by molar-refractivity contribution is 5.47. The summed E-state index contributed by atoms with van der Waals surface area (Å²) in [5.74, 6) is 1.00. The van der Waals surface area contributed by atoms with Gasteiger partial charge in [-0.25, -0.2) is 4.98 Å². The van der Waals surface area contributed by atoms with Gasteiger partial charge in [0.2, 0.25) is 0 Å². The van der Waals surface area contributed by atoms with Crippen LogP contribution in [0.15, 0.2) is 18.6 Å². The lowest BCUT2D eigenvalue weighted by atomic mass is 10.1. The highest BCUT2D eigenvalue weighted by atomic mass is 16.6. The lowest BCUT2D eigenvalue weighted by molar-refractivity contribution is -0.386. The zero-order valence-electron chi connectivity index (χ0n) is 12.5. The number of pyridine rings is 1. The number of nitrogens with zero attached hydrogens (tertiary/aromatic N) is 4. The predicted octanol–water partition coefficient (Wildman–Crippen LogP) is 1.67. The average molecular weight is 289 g/mol. The molecule has 0 amide bonds. The Balaban J connectivity index is 1.96. The molecule has 0 spiro atoms. The van der Waals surface area contributed by atoms with Crippen LogP contribution in [0, 0.1) is 24.0 Å². The number of aryl methyl sites for hydroxylation is 2. The number of rotatable bonds is 6. The average Bonchev–Trinajstić information content (AvgIpc) is 2.82. The molecule has 0 unspecified atom stereocenters. The van der Waals surface area contributed by atoms with Gasteiger partial charge in [0.15, 0.2) is 0 Å². The Morgan fingerprint density at radius 3 is 2.76 bits per heavy atom. The van der Waals surface area contributed by atoms with Crippen molar-refractivity contribution in [3.8, 4) is 0 Å². The van der Waals surface area contributed by atoms with E-state index in [-0.39, 0.29) is 10.6 Å². The number of imidazole rings is 1. The van der Waals surface area contributed by atoms with Gasteiger partial charge in [0.1, 0.15) is 5.82 Å². The van der Waals surface area contributed by atoms with Crippen LogP contribution in [0.3, 0.4) is 0 Å². The lowest BCUT2D eigenvalue weighted by Crippen LogP contribution is -2.20. The molecule has 0 aliphatic carbocycles. The zero-order chi connectivity index (χ0) is 15.4. The molecule has 7 nitrogen and oxygen atoms in total. The maximum atomic E-state index is 11.1. The molecule has 0 fully saturated rings. The highest BCUT2D eigenvalue weighted by Gasteiger charge is 2.18. The van der Waals surface area contributed by atoms with Crippen LogP contribution in [-0.2, 0) is 20.0 Å². The van der Waals surface area contributed by atoms with Crippen LogP contribution in [0.5, 0.6) is 0 Å². The number of nitrogens with one attached hydrogen (secondary N) is 1. The van der Waals surface area contributed by atoms with E-state index >= 15 is 0 Å². The summed E-state index contributed by atoms with van der Waals surface area (Å²) in [7, 11) is 1.96. The van der Waals surface area contributed by atoms with Gasteiger partial charge in [-0.15, -0.1) is 0 Å². The quantitative estimate of drug-likeness (QED) is 0.496. The Morgan fingerprint density at radius 2 is 2.14 bits per heavy atom. The van der Waals surface area contributed by atoms with Gasteiger partial charge in [0.25, 0.3) is 5.69 Å². The van der Waals surface area contributed by atoms with E-state index in [1.54, 1.807) is 26.2 Å². The highest BCUT2D eigenvalue weighted by Crippen LogP contribution is 2.23. The molecule has 112 valence electrons. The molecule has 2 aromatic rings. The Labute approximate surface area is 123 Å². The van der Waals surface area contributed by atoms with Gasteiger partial charge in [-0.2, -0.15) is 0 Å². The molecular weight excluding hydrogens is 270 g/mol. The van der Waals surface area contributed by atoms with Gasteiger partial charge >= 0.3 is 0 Å². The van der Waals surface area contributed by atoms with Crippen molar-refractivity contribution in [2.45, 2.75) is 26.8 Å². The molecule has 0 aliphatic rings. The molecule has 0 aromatic carbocycles. The third-order valence-electron chi connectivity index (χ3n) is 3.50. The second-order valence-electron chi connectivity index (χ2n) is 5.00. The molecule has 1 N–H and O–H groups in total. The summed E-state index contributed by atoms with van der Waals surface area (Å²) in [6, 6.07) is 0. The number of aromatic nitrogens is 3. The first-order chi connectivity index (χ1) is 10.0. The van der Waals surface area contributed by atoms with E-state index < -0.39 is 0 Å². The lowest BCUT2D eigenvalue weighted by Gasteiger charge is -2.09. The molecule has 2 heterocycles. The maximum absolute atomic E-state index is 11.1. The maximum Gasteiger partial charge on any atom is 0.278 e. The van der Waals surface area contributed by atoms with Crippen molar-refractivity contribution in [3.63, 3.8) is 0 Å². The SMILES string of the molecule is Cc1cnc(CNCCc2nccn2C)c(C)c1[N+](=O)[O-]. The fourth-order valence-corrected chi connectivity index (χ4v) is 2.27. The molecule has 0 aliphatic heterocycles. The summed E-state index contributed by atoms with van der Waals surface area (Å²) in [5.41, 5.74) is 2.09. The molecule has 2 rings (SSSR count). The molecule has 0 saturated heterocycles.